The maximum Gasteiger partial charge on any atom is 0.288 e. The lowest BCUT2D eigenvalue weighted by Gasteiger charge is -2.62. The van der Waals surface area contributed by atoms with Gasteiger partial charge in [-0.05, 0) is 36.0 Å². The van der Waals surface area contributed by atoms with Crippen LogP contribution >= 0.6 is 11.6 Å². The molecule has 3 saturated carbocycles. The van der Waals surface area contributed by atoms with Crippen molar-refractivity contribution in [2.24, 2.45) is 23.2 Å². The van der Waals surface area contributed by atoms with Gasteiger partial charge < -0.3 is 5.32 Å². The van der Waals surface area contributed by atoms with Gasteiger partial charge in [0.05, 0.1) is 11.9 Å². The van der Waals surface area contributed by atoms with Crippen LogP contribution in [0.5, 0.6) is 0 Å². The van der Waals surface area contributed by atoms with E-state index in [4.69, 9.17) is 11.6 Å². The molecule has 150 valence electrons. The third-order valence-corrected chi connectivity index (χ3v) is 7.01. The van der Waals surface area contributed by atoms with E-state index in [1.807, 2.05) is 0 Å². The highest BCUT2D eigenvalue weighted by atomic mass is 35.5. The summed E-state index contributed by atoms with van der Waals surface area (Å²) in [5.74, 6) is 1.43. The van der Waals surface area contributed by atoms with Crippen LogP contribution in [0.1, 0.15) is 33.6 Å². The molecule has 0 radical (unpaired) electrons. The Hall–Kier alpha value is -2.42. The molecule has 0 aromatic carbocycles. The lowest BCUT2D eigenvalue weighted by Crippen LogP contribution is -2.58. The number of nitrogens with one attached hydrogen (secondary N) is 2. The molecule has 0 spiro atoms. The molecular formula is C18H24ClN7O2. The van der Waals surface area contributed by atoms with Crippen LogP contribution in [0.15, 0.2) is 23.6 Å². The third-order valence-electron chi connectivity index (χ3n) is 6.65. The van der Waals surface area contributed by atoms with Crippen LogP contribution in [0, 0.1) is 23.2 Å². The smallest absolute Gasteiger partial charge is 0.288 e. The molecule has 4 atom stereocenters. The molecule has 10 heteroatoms. The number of amides is 1. The topological polar surface area (TPSA) is 107 Å². The second kappa shape index (κ2) is 6.88. The van der Waals surface area contributed by atoms with Gasteiger partial charge in [-0.1, -0.05) is 32.4 Å². The monoisotopic (exact) mass is 405 g/mol. The molecule has 9 nitrogen and oxygen atoms in total. The van der Waals surface area contributed by atoms with E-state index < -0.39 is 11.5 Å². The molecule has 28 heavy (non-hydrogen) atoms. The zero-order valence-electron chi connectivity index (χ0n) is 16.1. The molecule has 2 aromatic rings. The Balaban J connectivity index is 1.45. The summed E-state index contributed by atoms with van der Waals surface area (Å²) in [6.45, 7) is 6.70. The summed E-state index contributed by atoms with van der Waals surface area (Å²) in [4.78, 5) is 24.6. The number of hydrogen-bond acceptors (Lipinski definition) is 6. The van der Waals surface area contributed by atoms with E-state index in [0.717, 1.165) is 11.1 Å². The SMILES string of the molecule is C[C@H]1[C@H](Nc2cnn(CC(=O)Nn3cnnc3)c(=O)c2Cl)C[C@H]2C[C@@H]1C2(C)C. The Morgan fingerprint density at radius 2 is 2.04 bits per heavy atom. The molecule has 2 N–H and O–H groups in total. The summed E-state index contributed by atoms with van der Waals surface area (Å²) in [7, 11) is 0. The highest BCUT2D eigenvalue weighted by Crippen LogP contribution is 2.61. The molecule has 0 aliphatic heterocycles. The minimum atomic E-state index is -0.500. The number of carbonyl (C=O) groups excluding carboxylic acids is 1. The number of nitrogens with zero attached hydrogens (tertiary/aromatic N) is 5. The van der Waals surface area contributed by atoms with E-state index in [0.29, 0.717) is 28.9 Å². The molecule has 1 amide bonds. The third kappa shape index (κ3) is 3.17. The number of anilines is 1. The second-order valence-corrected chi connectivity index (χ2v) is 8.82. The number of carbonyl (C=O) groups is 1. The predicted octanol–water partition coefficient (Wildman–Crippen LogP) is 1.74. The number of hydrogen-bond donors (Lipinski definition) is 2. The van der Waals surface area contributed by atoms with Crippen molar-refractivity contribution >= 4 is 23.2 Å². The molecule has 3 aliphatic carbocycles. The summed E-state index contributed by atoms with van der Waals surface area (Å²) >= 11 is 6.30. The molecule has 2 bridgehead atoms. The Bertz CT molecular complexity index is 940. The van der Waals surface area contributed by atoms with Crippen molar-refractivity contribution in [2.75, 3.05) is 10.7 Å². The van der Waals surface area contributed by atoms with Crippen LogP contribution < -0.4 is 16.3 Å². The quantitative estimate of drug-likeness (QED) is 0.784. The highest BCUT2D eigenvalue weighted by Gasteiger charge is 2.56. The number of aromatic nitrogens is 5. The van der Waals surface area contributed by atoms with Crippen LogP contribution in [0.2, 0.25) is 5.02 Å². The van der Waals surface area contributed by atoms with Crippen molar-refractivity contribution in [1.82, 2.24) is 24.7 Å². The summed E-state index contributed by atoms with van der Waals surface area (Å²) in [5, 5.41) is 14.8. The second-order valence-electron chi connectivity index (χ2n) is 8.45. The lowest BCUT2D eigenvalue weighted by molar-refractivity contribution is -0.117. The van der Waals surface area contributed by atoms with Gasteiger partial charge in [0.25, 0.3) is 11.5 Å². The summed E-state index contributed by atoms with van der Waals surface area (Å²) in [6, 6.07) is 0.267. The van der Waals surface area contributed by atoms with Crippen molar-refractivity contribution in [1.29, 1.82) is 0 Å². The van der Waals surface area contributed by atoms with Crippen LogP contribution in [-0.4, -0.2) is 36.6 Å². The minimum absolute atomic E-state index is 0.0535. The first-order chi connectivity index (χ1) is 13.3. The van der Waals surface area contributed by atoms with E-state index in [1.165, 1.54) is 29.9 Å². The van der Waals surface area contributed by atoms with Crippen molar-refractivity contribution in [3.63, 3.8) is 0 Å². The van der Waals surface area contributed by atoms with Gasteiger partial charge in [-0.2, -0.15) is 5.10 Å². The summed E-state index contributed by atoms with van der Waals surface area (Å²) in [6.07, 6.45) is 6.54. The predicted molar refractivity (Wildman–Crippen MR) is 104 cm³/mol. The first-order valence-corrected chi connectivity index (χ1v) is 9.81. The van der Waals surface area contributed by atoms with E-state index in [2.05, 4.69) is 46.8 Å². The molecule has 3 aliphatic rings. The number of rotatable bonds is 5. The molecule has 5 rings (SSSR count). The van der Waals surface area contributed by atoms with Crippen LogP contribution in [0.4, 0.5) is 5.69 Å². The van der Waals surface area contributed by atoms with Gasteiger partial charge in [0.15, 0.2) is 0 Å². The Kier molecular flexibility index (Phi) is 4.65. The Morgan fingerprint density at radius 1 is 1.32 bits per heavy atom. The maximum atomic E-state index is 12.5. The fourth-order valence-electron chi connectivity index (χ4n) is 4.79. The van der Waals surface area contributed by atoms with Gasteiger partial charge >= 0.3 is 0 Å². The van der Waals surface area contributed by atoms with Gasteiger partial charge in [-0.25, -0.2) is 9.36 Å². The lowest BCUT2D eigenvalue weighted by atomic mass is 9.45. The standard InChI is InChI=1S/C18H24ClN7O2/c1-10-12-4-11(18(12,2)3)5-13(10)23-14-6-22-26(17(28)16(14)19)7-15(27)24-25-8-20-21-9-25/h6,8-13,23H,4-5,7H2,1-3H3,(H,24,27)/t10-,11-,12+,13-/m1/s1. The average Bonchev–Trinajstić information content (AvgIpc) is 3.15. The number of fused-ring (bicyclic) bond motifs is 2. The van der Waals surface area contributed by atoms with E-state index in [1.54, 1.807) is 0 Å². The van der Waals surface area contributed by atoms with E-state index in [9.17, 15) is 9.59 Å². The maximum absolute atomic E-state index is 12.5. The summed E-state index contributed by atoms with van der Waals surface area (Å²) < 4.78 is 2.33. The van der Waals surface area contributed by atoms with Crippen molar-refractivity contribution in [2.45, 2.75) is 46.2 Å². The average molecular weight is 406 g/mol. The van der Waals surface area contributed by atoms with Gasteiger partial charge in [-0.15, -0.1) is 10.2 Å². The first kappa shape index (κ1) is 18.9. The van der Waals surface area contributed by atoms with Gasteiger partial charge in [-0.3, -0.25) is 15.0 Å². The minimum Gasteiger partial charge on any atom is -0.379 e. The fraction of sp³-hybridized carbons (Fsp3) is 0.611. The molecular weight excluding hydrogens is 382 g/mol. The summed E-state index contributed by atoms with van der Waals surface area (Å²) in [5.41, 5.74) is 2.93. The normalized spacial score (nSPS) is 27.7. The van der Waals surface area contributed by atoms with E-state index in [-0.39, 0.29) is 17.6 Å². The van der Waals surface area contributed by atoms with E-state index >= 15 is 0 Å². The Morgan fingerprint density at radius 3 is 2.68 bits per heavy atom. The van der Waals surface area contributed by atoms with Crippen LogP contribution in [0.3, 0.4) is 0 Å². The van der Waals surface area contributed by atoms with Crippen molar-refractivity contribution < 1.29 is 4.79 Å². The Labute approximate surface area is 167 Å². The first-order valence-electron chi connectivity index (χ1n) is 9.44. The molecule has 3 fully saturated rings. The highest BCUT2D eigenvalue weighted by molar-refractivity contribution is 6.32. The van der Waals surface area contributed by atoms with Gasteiger partial charge in [0.1, 0.15) is 24.2 Å². The van der Waals surface area contributed by atoms with Crippen molar-refractivity contribution in [3.05, 3.63) is 34.2 Å². The van der Waals surface area contributed by atoms with Crippen LogP contribution in [-0.2, 0) is 11.3 Å². The molecule has 0 saturated heterocycles. The number of halogens is 1. The zero-order valence-corrected chi connectivity index (χ0v) is 16.8. The van der Waals surface area contributed by atoms with Gasteiger partial charge in [0.2, 0.25) is 0 Å². The molecule has 2 aromatic heterocycles. The fourth-order valence-corrected chi connectivity index (χ4v) is 4.99. The molecule has 0 unspecified atom stereocenters. The van der Waals surface area contributed by atoms with Gasteiger partial charge in [0, 0.05) is 6.04 Å². The molecule has 2 heterocycles. The zero-order chi connectivity index (χ0) is 20.1. The largest absolute Gasteiger partial charge is 0.379 e. The van der Waals surface area contributed by atoms with Crippen LogP contribution in [0.25, 0.3) is 0 Å². The van der Waals surface area contributed by atoms with Crippen molar-refractivity contribution in [3.8, 4) is 0 Å².